The minimum absolute atomic E-state index is 0.0296. The van der Waals surface area contributed by atoms with Crippen molar-refractivity contribution in [2.24, 2.45) is 0 Å². The number of benzene rings is 3. The van der Waals surface area contributed by atoms with Crippen LogP contribution in [0.4, 0.5) is 0 Å². The van der Waals surface area contributed by atoms with E-state index in [1.54, 1.807) is 4.90 Å². The van der Waals surface area contributed by atoms with E-state index in [0.29, 0.717) is 13.0 Å². The summed E-state index contributed by atoms with van der Waals surface area (Å²) < 4.78 is 24.4. The van der Waals surface area contributed by atoms with Crippen molar-refractivity contribution in [2.45, 2.75) is 24.9 Å². The van der Waals surface area contributed by atoms with Crippen LogP contribution >= 0.6 is 0 Å². The lowest BCUT2D eigenvalue weighted by molar-refractivity contribution is -0.134. The molecule has 1 fully saturated rings. The molecule has 0 N–H and O–H groups in total. The second-order valence-corrected chi connectivity index (χ2v) is 9.99. The SMILES string of the molecule is O=C(C(c1ccccc1)c1ccccc1)N(Cc1ccccc1)[C@@H]1CCS(=O)(=O)C1. The highest BCUT2D eigenvalue weighted by Crippen LogP contribution is 2.30. The van der Waals surface area contributed by atoms with Crippen molar-refractivity contribution in [2.75, 3.05) is 11.5 Å². The van der Waals surface area contributed by atoms with Gasteiger partial charge in [-0.2, -0.15) is 0 Å². The maximum absolute atomic E-state index is 14.0. The molecule has 154 valence electrons. The van der Waals surface area contributed by atoms with Crippen LogP contribution in [-0.2, 0) is 21.2 Å². The van der Waals surface area contributed by atoms with Crippen LogP contribution in [0.25, 0.3) is 0 Å². The van der Waals surface area contributed by atoms with Gasteiger partial charge in [-0.1, -0.05) is 91.0 Å². The molecule has 4 nitrogen and oxygen atoms in total. The van der Waals surface area contributed by atoms with E-state index in [0.717, 1.165) is 16.7 Å². The van der Waals surface area contributed by atoms with Gasteiger partial charge in [-0.15, -0.1) is 0 Å². The lowest BCUT2D eigenvalue weighted by Crippen LogP contribution is -2.43. The van der Waals surface area contributed by atoms with E-state index in [1.165, 1.54) is 0 Å². The third-order valence-electron chi connectivity index (χ3n) is 5.64. The molecule has 1 atom stereocenters. The fourth-order valence-corrected chi connectivity index (χ4v) is 5.85. The zero-order chi connectivity index (χ0) is 21.0. The monoisotopic (exact) mass is 419 g/mol. The number of carbonyl (C=O) groups excluding carboxylic acids is 1. The summed E-state index contributed by atoms with van der Waals surface area (Å²) in [6, 6.07) is 28.9. The minimum atomic E-state index is -3.12. The number of hydrogen-bond acceptors (Lipinski definition) is 3. The third-order valence-corrected chi connectivity index (χ3v) is 7.39. The Balaban J connectivity index is 1.74. The van der Waals surface area contributed by atoms with Gasteiger partial charge < -0.3 is 4.90 Å². The normalized spacial score (nSPS) is 17.7. The Morgan fingerprint density at radius 3 is 1.80 bits per heavy atom. The standard InChI is InChI=1S/C25H25NO3S/c27-25(24(21-12-6-2-7-13-21)22-14-8-3-9-15-22)26(18-20-10-4-1-5-11-20)23-16-17-30(28,29)19-23/h1-15,23-24H,16-19H2/t23-/m1/s1. The molecule has 0 radical (unpaired) electrons. The summed E-state index contributed by atoms with van der Waals surface area (Å²) in [5.41, 5.74) is 2.82. The summed E-state index contributed by atoms with van der Waals surface area (Å²) in [5.74, 6) is -0.364. The lowest BCUT2D eigenvalue weighted by atomic mass is 9.89. The van der Waals surface area contributed by atoms with Crippen LogP contribution in [0.5, 0.6) is 0 Å². The molecule has 1 aliphatic heterocycles. The molecule has 1 amide bonds. The first-order valence-electron chi connectivity index (χ1n) is 10.2. The topological polar surface area (TPSA) is 54.5 Å². The minimum Gasteiger partial charge on any atom is -0.334 e. The second kappa shape index (κ2) is 8.84. The molecule has 1 aliphatic rings. The predicted octanol–water partition coefficient (Wildman–Crippen LogP) is 4.03. The van der Waals surface area contributed by atoms with Crippen LogP contribution in [0.1, 0.15) is 29.0 Å². The highest BCUT2D eigenvalue weighted by atomic mass is 32.2. The second-order valence-electron chi connectivity index (χ2n) is 7.76. The van der Waals surface area contributed by atoms with Gasteiger partial charge in [-0.05, 0) is 23.1 Å². The largest absolute Gasteiger partial charge is 0.334 e. The van der Waals surface area contributed by atoms with E-state index in [2.05, 4.69) is 0 Å². The van der Waals surface area contributed by atoms with Gasteiger partial charge in [-0.3, -0.25) is 4.79 Å². The Labute approximate surface area is 178 Å². The molecule has 1 heterocycles. The van der Waals surface area contributed by atoms with Gasteiger partial charge in [0.25, 0.3) is 0 Å². The molecule has 1 saturated heterocycles. The van der Waals surface area contributed by atoms with Crippen LogP contribution in [-0.4, -0.2) is 36.8 Å². The molecule has 0 saturated carbocycles. The summed E-state index contributed by atoms with van der Waals surface area (Å²) in [5, 5.41) is 0. The Kier molecular flexibility index (Phi) is 6.00. The van der Waals surface area contributed by atoms with Crippen molar-refractivity contribution >= 4 is 15.7 Å². The van der Waals surface area contributed by atoms with Crippen molar-refractivity contribution in [1.82, 2.24) is 4.90 Å². The molecule has 0 aliphatic carbocycles. The predicted molar refractivity (Wildman–Crippen MR) is 119 cm³/mol. The number of nitrogens with zero attached hydrogens (tertiary/aromatic N) is 1. The fraction of sp³-hybridized carbons (Fsp3) is 0.240. The van der Waals surface area contributed by atoms with Gasteiger partial charge in [0.15, 0.2) is 9.84 Å². The van der Waals surface area contributed by atoms with E-state index in [9.17, 15) is 13.2 Å². The molecular formula is C25H25NO3S. The van der Waals surface area contributed by atoms with Crippen molar-refractivity contribution in [3.63, 3.8) is 0 Å². The Morgan fingerprint density at radius 2 is 1.33 bits per heavy atom. The van der Waals surface area contributed by atoms with Crippen LogP contribution < -0.4 is 0 Å². The van der Waals surface area contributed by atoms with Gasteiger partial charge in [0.2, 0.25) is 5.91 Å². The quantitative estimate of drug-likeness (QED) is 0.606. The van der Waals surface area contributed by atoms with E-state index < -0.39 is 15.8 Å². The molecule has 0 unspecified atom stereocenters. The number of sulfone groups is 1. The summed E-state index contributed by atoms with van der Waals surface area (Å²) in [7, 11) is -3.12. The average Bonchev–Trinajstić information content (AvgIpc) is 3.14. The first-order chi connectivity index (χ1) is 14.5. The third kappa shape index (κ3) is 4.62. The van der Waals surface area contributed by atoms with Crippen LogP contribution in [0.15, 0.2) is 91.0 Å². The van der Waals surface area contributed by atoms with Crippen molar-refractivity contribution in [3.8, 4) is 0 Å². The molecule has 30 heavy (non-hydrogen) atoms. The number of amides is 1. The Hall–Kier alpha value is -2.92. The smallest absolute Gasteiger partial charge is 0.235 e. The Morgan fingerprint density at radius 1 is 0.833 bits per heavy atom. The van der Waals surface area contributed by atoms with E-state index in [1.807, 2.05) is 91.0 Å². The molecule has 3 aromatic rings. The van der Waals surface area contributed by atoms with Gasteiger partial charge in [-0.25, -0.2) is 8.42 Å². The molecule has 0 aromatic heterocycles. The van der Waals surface area contributed by atoms with Crippen LogP contribution in [0.3, 0.4) is 0 Å². The molecule has 0 bridgehead atoms. The van der Waals surface area contributed by atoms with Crippen LogP contribution in [0.2, 0.25) is 0 Å². The van der Waals surface area contributed by atoms with E-state index in [-0.39, 0.29) is 23.5 Å². The zero-order valence-electron chi connectivity index (χ0n) is 16.7. The first kappa shape index (κ1) is 20.4. The maximum atomic E-state index is 14.0. The first-order valence-corrected chi connectivity index (χ1v) is 12.0. The molecule has 3 aromatic carbocycles. The van der Waals surface area contributed by atoms with Crippen molar-refractivity contribution in [3.05, 3.63) is 108 Å². The highest BCUT2D eigenvalue weighted by molar-refractivity contribution is 7.91. The molecule has 4 rings (SSSR count). The molecule has 5 heteroatoms. The summed E-state index contributed by atoms with van der Waals surface area (Å²) in [6.45, 7) is 0.399. The lowest BCUT2D eigenvalue weighted by Gasteiger charge is -2.32. The summed E-state index contributed by atoms with van der Waals surface area (Å²) in [6.07, 6.45) is 0.483. The highest BCUT2D eigenvalue weighted by Gasteiger charge is 2.37. The maximum Gasteiger partial charge on any atom is 0.235 e. The summed E-state index contributed by atoms with van der Waals surface area (Å²) in [4.78, 5) is 15.8. The van der Waals surface area contributed by atoms with Gasteiger partial charge in [0.05, 0.1) is 17.4 Å². The van der Waals surface area contributed by atoms with Gasteiger partial charge in [0.1, 0.15) is 0 Å². The average molecular weight is 420 g/mol. The number of hydrogen-bond donors (Lipinski definition) is 0. The van der Waals surface area contributed by atoms with Gasteiger partial charge >= 0.3 is 0 Å². The number of rotatable bonds is 6. The van der Waals surface area contributed by atoms with Crippen molar-refractivity contribution in [1.29, 1.82) is 0 Å². The Bertz CT molecular complexity index is 1040. The fourth-order valence-electron chi connectivity index (χ4n) is 4.12. The number of carbonyl (C=O) groups is 1. The van der Waals surface area contributed by atoms with Crippen molar-refractivity contribution < 1.29 is 13.2 Å². The van der Waals surface area contributed by atoms with Crippen LogP contribution in [0, 0.1) is 0 Å². The van der Waals surface area contributed by atoms with Gasteiger partial charge in [0, 0.05) is 12.6 Å². The van der Waals surface area contributed by atoms with E-state index in [4.69, 9.17) is 0 Å². The van der Waals surface area contributed by atoms with E-state index >= 15 is 0 Å². The summed E-state index contributed by atoms with van der Waals surface area (Å²) >= 11 is 0. The zero-order valence-corrected chi connectivity index (χ0v) is 17.5. The molecule has 0 spiro atoms. The molecular weight excluding hydrogens is 394 g/mol.